The molecule has 0 rings (SSSR count). The van der Waals surface area contributed by atoms with Crippen molar-refractivity contribution in [2.24, 2.45) is 5.73 Å². The van der Waals surface area contributed by atoms with Crippen molar-refractivity contribution in [2.45, 2.75) is 38.8 Å². The standard InChI is InChI=1S/C8H20N2O/c1-2-8(11)10-7-5-3-4-6-9/h8,10-11H,2-7,9H2,1H3. The van der Waals surface area contributed by atoms with Gasteiger partial charge >= 0.3 is 0 Å². The van der Waals surface area contributed by atoms with Crippen LogP contribution in [0.5, 0.6) is 0 Å². The van der Waals surface area contributed by atoms with Crippen LogP contribution in [0.2, 0.25) is 0 Å². The molecule has 0 aromatic heterocycles. The minimum absolute atomic E-state index is 0.326. The van der Waals surface area contributed by atoms with E-state index in [9.17, 15) is 0 Å². The summed E-state index contributed by atoms with van der Waals surface area (Å²) < 4.78 is 0. The van der Waals surface area contributed by atoms with Gasteiger partial charge in [0.2, 0.25) is 0 Å². The third-order valence-electron chi connectivity index (χ3n) is 1.65. The van der Waals surface area contributed by atoms with E-state index in [0.29, 0.717) is 0 Å². The molecule has 0 aromatic carbocycles. The van der Waals surface area contributed by atoms with Gasteiger partial charge in [-0.2, -0.15) is 0 Å². The first kappa shape index (κ1) is 10.9. The fourth-order valence-electron chi connectivity index (χ4n) is 0.859. The highest BCUT2D eigenvalue weighted by Gasteiger charge is 1.96. The predicted octanol–water partition coefficient (Wildman–Crippen LogP) is 0.433. The van der Waals surface area contributed by atoms with Gasteiger partial charge in [0.15, 0.2) is 0 Å². The third-order valence-corrected chi connectivity index (χ3v) is 1.65. The molecule has 1 atom stereocenters. The summed E-state index contributed by atoms with van der Waals surface area (Å²) in [4.78, 5) is 0. The zero-order chi connectivity index (χ0) is 8.53. The number of unbranched alkanes of at least 4 members (excludes halogenated alkanes) is 2. The lowest BCUT2D eigenvalue weighted by atomic mass is 10.2. The maximum atomic E-state index is 9.08. The molecule has 0 aliphatic carbocycles. The third kappa shape index (κ3) is 7.78. The molecule has 0 aliphatic rings. The Balaban J connectivity index is 2.89. The molecule has 3 nitrogen and oxygen atoms in total. The van der Waals surface area contributed by atoms with Gasteiger partial charge in [-0.05, 0) is 32.4 Å². The molecule has 0 saturated carbocycles. The van der Waals surface area contributed by atoms with Crippen molar-refractivity contribution in [2.75, 3.05) is 13.1 Å². The van der Waals surface area contributed by atoms with Gasteiger partial charge in [-0.1, -0.05) is 13.3 Å². The van der Waals surface area contributed by atoms with Gasteiger partial charge in [0.05, 0.1) is 0 Å². The van der Waals surface area contributed by atoms with Crippen LogP contribution >= 0.6 is 0 Å². The maximum Gasteiger partial charge on any atom is 0.104 e. The quantitative estimate of drug-likeness (QED) is 0.374. The Morgan fingerprint density at radius 3 is 2.64 bits per heavy atom. The highest BCUT2D eigenvalue weighted by molar-refractivity contribution is 4.51. The Hall–Kier alpha value is -0.120. The largest absolute Gasteiger partial charge is 0.379 e. The summed E-state index contributed by atoms with van der Waals surface area (Å²) in [5.74, 6) is 0. The minimum Gasteiger partial charge on any atom is -0.379 e. The number of aliphatic hydroxyl groups is 1. The van der Waals surface area contributed by atoms with Crippen molar-refractivity contribution in [3.05, 3.63) is 0 Å². The molecular formula is C8H20N2O. The molecular weight excluding hydrogens is 140 g/mol. The van der Waals surface area contributed by atoms with E-state index in [4.69, 9.17) is 10.8 Å². The summed E-state index contributed by atoms with van der Waals surface area (Å²) in [7, 11) is 0. The number of hydrogen-bond donors (Lipinski definition) is 3. The fraction of sp³-hybridized carbons (Fsp3) is 1.00. The first-order chi connectivity index (χ1) is 5.31. The maximum absolute atomic E-state index is 9.08. The minimum atomic E-state index is -0.326. The lowest BCUT2D eigenvalue weighted by Gasteiger charge is -2.09. The summed E-state index contributed by atoms with van der Waals surface area (Å²) in [6.07, 6.45) is 3.79. The molecule has 3 heteroatoms. The molecule has 0 saturated heterocycles. The highest BCUT2D eigenvalue weighted by atomic mass is 16.3. The Bertz CT molecular complexity index is 78.5. The summed E-state index contributed by atoms with van der Waals surface area (Å²) in [5, 5.41) is 12.1. The van der Waals surface area contributed by atoms with Crippen LogP contribution in [0.25, 0.3) is 0 Å². The van der Waals surface area contributed by atoms with Gasteiger partial charge in [-0.15, -0.1) is 0 Å². The molecule has 0 fully saturated rings. The second kappa shape index (κ2) is 7.98. The van der Waals surface area contributed by atoms with Crippen LogP contribution in [0.1, 0.15) is 32.6 Å². The van der Waals surface area contributed by atoms with Crippen molar-refractivity contribution in [1.29, 1.82) is 0 Å². The van der Waals surface area contributed by atoms with E-state index in [2.05, 4.69) is 5.32 Å². The van der Waals surface area contributed by atoms with E-state index in [1.807, 2.05) is 6.92 Å². The van der Waals surface area contributed by atoms with E-state index in [0.717, 1.165) is 38.8 Å². The van der Waals surface area contributed by atoms with Crippen LogP contribution in [0.3, 0.4) is 0 Å². The second-order valence-electron chi connectivity index (χ2n) is 2.73. The molecule has 0 aliphatic heterocycles. The molecule has 0 aromatic rings. The van der Waals surface area contributed by atoms with Crippen LogP contribution in [-0.4, -0.2) is 24.4 Å². The molecule has 4 N–H and O–H groups in total. The number of hydrogen-bond acceptors (Lipinski definition) is 3. The summed E-state index contributed by atoms with van der Waals surface area (Å²) >= 11 is 0. The van der Waals surface area contributed by atoms with Gasteiger partial charge in [0, 0.05) is 0 Å². The molecule has 0 heterocycles. The number of aliphatic hydroxyl groups excluding tert-OH is 1. The predicted molar refractivity (Wildman–Crippen MR) is 47.2 cm³/mol. The van der Waals surface area contributed by atoms with Crippen LogP contribution in [0.4, 0.5) is 0 Å². The Labute approximate surface area is 69.0 Å². The van der Waals surface area contributed by atoms with Crippen LogP contribution < -0.4 is 11.1 Å². The molecule has 0 spiro atoms. The van der Waals surface area contributed by atoms with Crippen molar-refractivity contribution in [1.82, 2.24) is 5.32 Å². The summed E-state index contributed by atoms with van der Waals surface area (Å²) in [5.41, 5.74) is 5.33. The SMILES string of the molecule is CCC(O)NCCCCCN. The second-order valence-corrected chi connectivity index (χ2v) is 2.73. The van der Waals surface area contributed by atoms with E-state index in [1.165, 1.54) is 0 Å². The zero-order valence-corrected chi connectivity index (χ0v) is 7.34. The zero-order valence-electron chi connectivity index (χ0n) is 7.34. The van der Waals surface area contributed by atoms with E-state index in [-0.39, 0.29) is 6.23 Å². The first-order valence-electron chi connectivity index (χ1n) is 4.42. The fourth-order valence-corrected chi connectivity index (χ4v) is 0.859. The Morgan fingerprint density at radius 1 is 1.36 bits per heavy atom. The van der Waals surface area contributed by atoms with Crippen molar-refractivity contribution < 1.29 is 5.11 Å². The molecule has 0 bridgehead atoms. The lowest BCUT2D eigenvalue weighted by Crippen LogP contribution is -2.28. The van der Waals surface area contributed by atoms with E-state index in [1.54, 1.807) is 0 Å². The molecule has 0 amide bonds. The van der Waals surface area contributed by atoms with Crippen molar-refractivity contribution in [3.8, 4) is 0 Å². The average molecular weight is 160 g/mol. The normalized spacial score (nSPS) is 13.4. The van der Waals surface area contributed by atoms with Gasteiger partial charge in [0.1, 0.15) is 6.23 Å². The molecule has 68 valence electrons. The topological polar surface area (TPSA) is 58.3 Å². The van der Waals surface area contributed by atoms with Crippen LogP contribution in [-0.2, 0) is 0 Å². The molecule has 1 unspecified atom stereocenters. The van der Waals surface area contributed by atoms with Crippen LogP contribution in [0, 0.1) is 0 Å². The summed E-state index contributed by atoms with van der Waals surface area (Å²) in [6, 6.07) is 0. The Morgan fingerprint density at radius 2 is 2.09 bits per heavy atom. The number of nitrogens with one attached hydrogen (secondary N) is 1. The smallest absolute Gasteiger partial charge is 0.104 e. The van der Waals surface area contributed by atoms with Crippen molar-refractivity contribution >= 4 is 0 Å². The van der Waals surface area contributed by atoms with E-state index < -0.39 is 0 Å². The monoisotopic (exact) mass is 160 g/mol. The highest BCUT2D eigenvalue weighted by Crippen LogP contribution is 1.92. The van der Waals surface area contributed by atoms with Crippen LogP contribution in [0.15, 0.2) is 0 Å². The lowest BCUT2D eigenvalue weighted by molar-refractivity contribution is 0.133. The number of nitrogens with two attached hydrogens (primary N) is 1. The van der Waals surface area contributed by atoms with Gasteiger partial charge in [0.25, 0.3) is 0 Å². The molecule has 11 heavy (non-hydrogen) atoms. The van der Waals surface area contributed by atoms with E-state index >= 15 is 0 Å². The summed E-state index contributed by atoms with van der Waals surface area (Å²) in [6.45, 7) is 3.63. The Kier molecular flexibility index (Phi) is 7.89. The molecule has 0 radical (unpaired) electrons. The van der Waals surface area contributed by atoms with Crippen molar-refractivity contribution in [3.63, 3.8) is 0 Å². The van der Waals surface area contributed by atoms with Gasteiger partial charge in [-0.25, -0.2) is 0 Å². The van der Waals surface area contributed by atoms with Gasteiger partial charge in [-0.3, -0.25) is 5.32 Å². The van der Waals surface area contributed by atoms with Gasteiger partial charge < -0.3 is 10.8 Å². The average Bonchev–Trinajstić information content (AvgIpc) is 2.04. The first-order valence-corrected chi connectivity index (χ1v) is 4.42. The number of rotatable bonds is 7.